The molecule has 0 aliphatic rings. The Morgan fingerprint density at radius 2 is 0.812 bits per heavy atom. The van der Waals surface area contributed by atoms with Gasteiger partial charge >= 0.3 is 17.6 Å². The highest BCUT2D eigenvalue weighted by Gasteiger charge is 2.47. The van der Waals surface area contributed by atoms with Gasteiger partial charge in [-0.05, 0) is 67.2 Å². The lowest BCUT2D eigenvalue weighted by Crippen LogP contribution is -2.49. The molecule has 2 unspecified atom stereocenters. The summed E-state index contributed by atoms with van der Waals surface area (Å²) in [5.41, 5.74) is 0.379. The summed E-state index contributed by atoms with van der Waals surface area (Å²) in [5.74, 6) is 1.39. The van der Waals surface area contributed by atoms with Crippen molar-refractivity contribution in [2.45, 2.75) is 92.2 Å². The summed E-state index contributed by atoms with van der Waals surface area (Å²) in [7, 11) is -6.23. The van der Waals surface area contributed by atoms with E-state index in [-0.39, 0.29) is 11.1 Å². The molecule has 0 aliphatic heterocycles. The second kappa shape index (κ2) is 18.6. The van der Waals surface area contributed by atoms with Crippen LogP contribution >= 0.6 is 0 Å². The minimum absolute atomic E-state index is 0.189. The molecule has 0 spiro atoms. The summed E-state index contributed by atoms with van der Waals surface area (Å²) in [6.07, 6.45) is 3.54. The van der Waals surface area contributed by atoms with Crippen LogP contribution in [0.1, 0.15) is 81.1 Å². The highest BCUT2D eigenvalue weighted by molar-refractivity contribution is 7.84. The summed E-state index contributed by atoms with van der Waals surface area (Å²) in [4.78, 5) is 0. The summed E-state index contributed by atoms with van der Waals surface area (Å²) in [6, 6.07) is 0. The molecule has 0 rings (SSSR count). The number of rotatable bonds is 22. The Morgan fingerprint density at radius 1 is 0.562 bits per heavy atom. The predicted octanol–water partition coefficient (Wildman–Crippen LogP) is 5.17. The Hall–Kier alpha value is 0.344. The molecular weight excluding hydrogens is 464 g/mol. The van der Waals surface area contributed by atoms with Crippen molar-refractivity contribution in [1.82, 2.24) is 0 Å². The molecule has 2 atom stereocenters. The van der Waals surface area contributed by atoms with Crippen LogP contribution in [-0.4, -0.2) is 73.0 Å². The normalized spacial score (nSPS) is 15.6. The van der Waals surface area contributed by atoms with Crippen molar-refractivity contribution in [1.29, 1.82) is 0 Å². The third-order valence-corrected chi connectivity index (χ3v) is 13.9. The molecule has 0 bridgehead atoms. The summed E-state index contributed by atoms with van der Waals surface area (Å²) in [6.45, 7) is 19.6. The summed E-state index contributed by atoms with van der Waals surface area (Å²) >= 11 is 0. The van der Waals surface area contributed by atoms with Crippen molar-refractivity contribution >= 4 is 28.4 Å². The zero-order valence-corrected chi connectivity index (χ0v) is 24.7. The molecule has 0 saturated heterocycles. The van der Waals surface area contributed by atoms with Crippen LogP contribution in [0.4, 0.5) is 0 Å². The van der Waals surface area contributed by atoms with Crippen LogP contribution in [-0.2, 0) is 37.4 Å². The third-order valence-electron chi connectivity index (χ3n) is 5.30. The van der Waals surface area contributed by atoms with Crippen LogP contribution < -0.4 is 0 Å². The van der Waals surface area contributed by atoms with E-state index < -0.39 is 28.4 Å². The Kier molecular flexibility index (Phi) is 18.8. The second-order valence-corrected chi connectivity index (χ2v) is 15.6. The van der Waals surface area contributed by atoms with Gasteiger partial charge in [-0.3, -0.25) is 4.21 Å². The lowest BCUT2D eigenvalue weighted by atomic mass is 10.3. The van der Waals surface area contributed by atoms with Gasteiger partial charge in [-0.25, -0.2) is 0 Å². The molecular formula is C22H50O7SSi2. The molecule has 32 heavy (non-hydrogen) atoms. The fourth-order valence-corrected chi connectivity index (χ4v) is 10.8. The molecule has 0 aromatic rings. The van der Waals surface area contributed by atoms with Crippen molar-refractivity contribution < 1.29 is 30.8 Å². The monoisotopic (exact) mass is 514 g/mol. The van der Waals surface area contributed by atoms with Gasteiger partial charge in [0.1, 0.15) is 0 Å². The molecule has 10 heteroatoms. The van der Waals surface area contributed by atoms with E-state index in [1.807, 2.05) is 41.5 Å². The van der Waals surface area contributed by atoms with Crippen LogP contribution in [0.3, 0.4) is 0 Å². The minimum atomic E-state index is -2.69. The van der Waals surface area contributed by atoms with E-state index >= 15 is 0 Å². The van der Waals surface area contributed by atoms with E-state index in [9.17, 15) is 4.21 Å². The first kappa shape index (κ1) is 32.3. The largest absolute Gasteiger partial charge is 0.503 e. The molecule has 0 aliphatic carbocycles. The van der Waals surface area contributed by atoms with Gasteiger partial charge in [-0.15, -0.1) is 0 Å². The molecule has 194 valence electrons. The van der Waals surface area contributed by atoms with Crippen molar-refractivity contribution in [3.05, 3.63) is 0 Å². The fraction of sp³-hybridized carbons (Fsp3) is 1.00. The van der Waals surface area contributed by atoms with Crippen molar-refractivity contribution in [3.8, 4) is 0 Å². The molecule has 0 radical (unpaired) electrons. The SMILES string of the molecule is CCO[Si](OCC)(OCC)C(C)CCCS(=O)CCCC(C)[Si](OCC)(OCC)OCC. The molecule has 0 heterocycles. The Balaban J connectivity index is 4.59. The van der Waals surface area contributed by atoms with E-state index in [0.717, 1.165) is 25.7 Å². The van der Waals surface area contributed by atoms with Gasteiger partial charge in [0.2, 0.25) is 0 Å². The maximum Gasteiger partial charge on any atom is 0.503 e. The Labute approximate surface area is 202 Å². The Bertz CT molecular complexity index is 411. The average Bonchev–Trinajstić information content (AvgIpc) is 2.74. The quantitative estimate of drug-likeness (QED) is 0.184. The lowest BCUT2D eigenvalue weighted by molar-refractivity contribution is 0.0608. The van der Waals surface area contributed by atoms with Crippen LogP contribution in [0.15, 0.2) is 0 Å². The summed E-state index contributed by atoms with van der Waals surface area (Å²) in [5, 5.41) is 0. The predicted molar refractivity (Wildman–Crippen MR) is 136 cm³/mol. The molecule has 0 N–H and O–H groups in total. The van der Waals surface area contributed by atoms with Gasteiger partial charge in [0.15, 0.2) is 0 Å². The molecule has 0 fully saturated rings. The highest BCUT2D eigenvalue weighted by Crippen LogP contribution is 2.31. The van der Waals surface area contributed by atoms with Gasteiger partial charge < -0.3 is 26.6 Å². The van der Waals surface area contributed by atoms with Gasteiger partial charge in [0.05, 0.1) is 0 Å². The first-order chi connectivity index (χ1) is 15.3. The maximum absolute atomic E-state index is 12.6. The van der Waals surface area contributed by atoms with Crippen molar-refractivity contribution in [2.24, 2.45) is 0 Å². The average molecular weight is 515 g/mol. The fourth-order valence-electron chi connectivity index (χ4n) is 3.87. The summed E-state index contributed by atoms with van der Waals surface area (Å²) < 4.78 is 48.6. The van der Waals surface area contributed by atoms with Gasteiger partial charge in [-0.1, -0.05) is 13.8 Å². The number of hydrogen-bond acceptors (Lipinski definition) is 7. The van der Waals surface area contributed by atoms with E-state index in [0.29, 0.717) is 51.1 Å². The zero-order chi connectivity index (χ0) is 24.5. The first-order valence-corrected chi connectivity index (χ1v) is 17.6. The molecule has 0 aromatic carbocycles. The van der Waals surface area contributed by atoms with E-state index in [1.165, 1.54) is 0 Å². The van der Waals surface area contributed by atoms with Crippen LogP contribution in [0.2, 0.25) is 11.1 Å². The van der Waals surface area contributed by atoms with Gasteiger partial charge in [-0.2, -0.15) is 0 Å². The van der Waals surface area contributed by atoms with Crippen molar-refractivity contribution in [3.63, 3.8) is 0 Å². The molecule has 0 amide bonds. The van der Waals surface area contributed by atoms with Crippen LogP contribution in [0, 0.1) is 0 Å². The lowest BCUT2D eigenvalue weighted by Gasteiger charge is -2.33. The molecule has 7 nitrogen and oxygen atoms in total. The molecule has 0 aromatic heterocycles. The van der Waals surface area contributed by atoms with Crippen LogP contribution in [0.25, 0.3) is 0 Å². The Morgan fingerprint density at radius 3 is 1.03 bits per heavy atom. The van der Waals surface area contributed by atoms with Gasteiger partial charge in [0.25, 0.3) is 0 Å². The van der Waals surface area contributed by atoms with Crippen molar-refractivity contribution in [2.75, 3.05) is 51.1 Å². The van der Waals surface area contributed by atoms with E-state index in [4.69, 9.17) is 26.6 Å². The van der Waals surface area contributed by atoms with E-state index in [2.05, 4.69) is 13.8 Å². The first-order valence-electron chi connectivity index (χ1n) is 12.5. The highest BCUT2D eigenvalue weighted by atomic mass is 32.2. The molecule has 0 saturated carbocycles. The smallest absolute Gasteiger partial charge is 0.374 e. The van der Waals surface area contributed by atoms with E-state index in [1.54, 1.807) is 0 Å². The second-order valence-electron chi connectivity index (χ2n) is 7.74. The third kappa shape index (κ3) is 11.2. The van der Waals surface area contributed by atoms with Crippen LogP contribution in [0.5, 0.6) is 0 Å². The minimum Gasteiger partial charge on any atom is -0.374 e. The topological polar surface area (TPSA) is 72.5 Å². The standard InChI is InChI=1S/C22H50O7SSi2/c1-9-24-31(25-10-2,26-11-3)21(7)17-15-19-30(23)20-16-18-22(8)32(27-12-4,28-13-5)29-14-6/h21-22H,9-20H2,1-8H3. The zero-order valence-electron chi connectivity index (χ0n) is 21.9. The van der Waals surface area contributed by atoms with Gasteiger partial charge in [0, 0.05) is 73.0 Å². The maximum atomic E-state index is 12.6. The number of hydrogen-bond donors (Lipinski definition) is 0.